The van der Waals surface area contributed by atoms with E-state index < -0.39 is 12.2 Å². The van der Waals surface area contributed by atoms with E-state index in [0.717, 1.165) is 5.56 Å². The zero-order chi connectivity index (χ0) is 16.2. The van der Waals surface area contributed by atoms with Crippen molar-refractivity contribution in [1.82, 2.24) is 0 Å². The minimum atomic E-state index is -0.823. The first-order valence-electron chi connectivity index (χ1n) is 6.71. The van der Waals surface area contributed by atoms with E-state index >= 15 is 0 Å². The van der Waals surface area contributed by atoms with Gasteiger partial charge in [0.15, 0.2) is 11.5 Å². The number of benzene rings is 1. The molecule has 0 saturated heterocycles. The van der Waals surface area contributed by atoms with Gasteiger partial charge in [-0.05, 0) is 25.3 Å². The maximum atomic E-state index is 9.84. The molecule has 1 aromatic rings. The summed E-state index contributed by atoms with van der Waals surface area (Å²) in [5, 5.41) is 19.7. The molecule has 0 amide bonds. The van der Waals surface area contributed by atoms with Crippen LogP contribution in [-0.2, 0) is 0 Å². The van der Waals surface area contributed by atoms with E-state index in [2.05, 4.69) is 0 Å². The van der Waals surface area contributed by atoms with Crippen LogP contribution in [0.5, 0.6) is 17.2 Å². The number of aliphatic hydroxyl groups excluding tert-OH is 2. The van der Waals surface area contributed by atoms with Gasteiger partial charge in [0.25, 0.3) is 0 Å². The molecule has 120 valence electrons. The van der Waals surface area contributed by atoms with Crippen LogP contribution >= 0.6 is 11.6 Å². The Kier molecular flexibility index (Phi) is 6.58. The van der Waals surface area contributed by atoms with Crippen molar-refractivity contribution in [3.63, 3.8) is 0 Å². The minimum absolute atomic E-state index is 0.0816. The molecule has 0 aliphatic rings. The summed E-state index contributed by atoms with van der Waals surface area (Å²) in [6.07, 6.45) is -1.24. The quantitative estimate of drug-likeness (QED) is 0.809. The van der Waals surface area contributed by atoms with E-state index in [0.29, 0.717) is 28.7 Å². The lowest BCUT2D eigenvalue weighted by Gasteiger charge is -2.23. The Labute approximate surface area is 130 Å². The van der Waals surface area contributed by atoms with Crippen molar-refractivity contribution >= 4 is 11.6 Å². The second-order valence-corrected chi connectivity index (χ2v) is 5.40. The first-order chi connectivity index (χ1) is 9.87. The molecule has 0 heterocycles. The van der Waals surface area contributed by atoms with Gasteiger partial charge in [-0.15, -0.1) is 0 Å². The van der Waals surface area contributed by atoms with E-state index in [1.54, 1.807) is 13.0 Å². The standard InChI is InChI=1S/C15H23ClO5/c1-8(6-12(18)9(2)17)10-7-11(16)14(20-4)15(21-5)13(10)19-3/h7-9,12,17-18H,6H2,1-5H3. The molecule has 21 heavy (non-hydrogen) atoms. The van der Waals surface area contributed by atoms with E-state index in [-0.39, 0.29) is 5.92 Å². The fourth-order valence-electron chi connectivity index (χ4n) is 2.25. The fraction of sp³-hybridized carbons (Fsp3) is 0.600. The van der Waals surface area contributed by atoms with Gasteiger partial charge in [-0.2, -0.15) is 0 Å². The average molecular weight is 319 g/mol. The zero-order valence-corrected chi connectivity index (χ0v) is 13.8. The van der Waals surface area contributed by atoms with Crippen LogP contribution in [0.3, 0.4) is 0 Å². The van der Waals surface area contributed by atoms with Crippen molar-refractivity contribution in [2.75, 3.05) is 21.3 Å². The van der Waals surface area contributed by atoms with Crippen molar-refractivity contribution in [2.24, 2.45) is 0 Å². The highest BCUT2D eigenvalue weighted by atomic mass is 35.5. The number of hydrogen-bond donors (Lipinski definition) is 2. The van der Waals surface area contributed by atoms with Crippen LogP contribution in [0, 0.1) is 0 Å². The average Bonchev–Trinajstić information content (AvgIpc) is 2.45. The molecule has 3 unspecified atom stereocenters. The summed E-state index contributed by atoms with van der Waals surface area (Å²) in [4.78, 5) is 0. The molecule has 0 aliphatic heterocycles. The summed E-state index contributed by atoms with van der Waals surface area (Å²) in [5.41, 5.74) is 0.792. The maximum absolute atomic E-state index is 9.84. The highest BCUT2D eigenvalue weighted by Gasteiger charge is 2.25. The van der Waals surface area contributed by atoms with Crippen LogP contribution in [0.4, 0.5) is 0 Å². The predicted molar refractivity (Wildman–Crippen MR) is 81.8 cm³/mol. The molecule has 0 bridgehead atoms. The van der Waals surface area contributed by atoms with Gasteiger partial charge in [0.05, 0.1) is 38.6 Å². The lowest BCUT2D eigenvalue weighted by atomic mass is 9.92. The summed E-state index contributed by atoms with van der Waals surface area (Å²) in [6.45, 7) is 3.47. The molecule has 0 aliphatic carbocycles. The van der Waals surface area contributed by atoms with Crippen LogP contribution in [-0.4, -0.2) is 43.8 Å². The second-order valence-electron chi connectivity index (χ2n) is 4.99. The Hall–Kier alpha value is -1.17. The molecule has 5 nitrogen and oxygen atoms in total. The molecule has 3 atom stereocenters. The smallest absolute Gasteiger partial charge is 0.205 e. The monoisotopic (exact) mass is 318 g/mol. The second kappa shape index (κ2) is 7.73. The van der Waals surface area contributed by atoms with E-state index in [9.17, 15) is 10.2 Å². The molecule has 6 heteroatoms. The van der Waals surface area contributed by atoms with E-state index in [1.807, 2.05) is 6.92 Å². The Morgan fingerprint density at radius 3 is 1.95 bits per heavy atom. The van der Waals surface area contributed by atoms with Crippen molar-refractivity contribution in [3.05, 3.63) is 16.7 Å². The van der Waals surface area contributed by atoms with Gasteiger partial charge in [-0.1, -0.05) is 18.5 Å². The van der Waals surface area contributed by atoms with Crippen LogP contribution in [0.25, 0.3) is 0 Å². The molecule has 0 fully saturated rings. The van der Waals surface area contributed by atoms with Gasteiger partial charge in [-0.3, -0.25) is 0 Å². The van der Waals surface area contributed by atoms with Crippen molar-refractivity contribution in [1.29, 1.82) is 0 Å². The number of hydrogen-bond acceptors (Lipinski definition) is 5. The number of rotatable bonds is 7. The normalized spacial score (nSPS) is 15.2. The summed E-state index contributed by atoms with van der Waals surface area (Å²) in [6, 6.07) is 1.74. The first-order valence-corrected chi connectivity index (χ1v) is 7.09. The number of methoxy groups -OCH3 is 3. The van der Waals surface area contributed by atoms with Crippen LogP contribution in [0.1, 0.15) is 31.7 Å². The molecular weight excluding hydrogens is 296 g/mol. The highest BCUT2D eigenvalue weighted by molar-refractivity contribution is 6.32. The molecule has 1 aromatic carbocycles. The largest absolute Gasteiger partial charge is 0.492 e. The summed E-state index contributed by atoms with van der Waals surface area (Å²) >= 11 is 6.21. The molecule has 2 N–H and O–H groups in total. The number of halogens is 1. The maximum Gasteiger partial charge on any atom is 0.205 e. The van der Waals surface area contributed by atoms with Gasteiger partial charge in [0.1, 0.15) is 0 Å². The Morgan fingerprint density at radius 2 is 1.52 bits per heavy atom. The summed E-state index contributed by atoms with van der Waals surface area (Å²) in [5.74, 6) is 1.26. The Bertz CT molecular complexity index is 476. The first kappa shape index (κ1) is 17.9. The topological polar surface area (TPSA) is 68.2 Å². The van der Waals surface area contributed by atoms with Gasteiger partial charge in [0, 0.05) is 5.56 Å². The van der Waals surface area contributed by atoms with E-state index in [1.165, 1.54) is 21.3 Å². The molecular formula is C15H23ClO5. The molecule has 1 rings (SSSR count). The Balaban J connectivity index is 3.26. The van der Waals surface area contributed by atoms with Crippen molar-refractivity contribution in [2.45, 2.75) is 38.4 Å². The predicted octanol–water partition coefficient (Wildman–Crippen LogP) is 2.60. The van der Waals surface area contributed by atoms with E-state index in [4.69, 9.17) is 25.8 Å². The molecule has 0 radical (unpaired) electrons. The van der Waals surface area contributed by atoms with Crippen molar-refractivity contribution in [3.8, 4) is 17.2 Å². The molecule has 0 spiro atoms. The van der Waals surface area contributed by atoms with Gasteiger partial charge < -0.3 is 24.4 Å². The summed E-state index contributed by atoms with van der Waals surface area (Å²) in [7, 11) is 4.55. The van der Waals surface area contributed by atoms with Crippen LogP contribution < -0.4 is 14.2 Å². The lowest BCUT2D eigenvalue weighted by Crippen LogP contribution is -2.24. The third kappa shape index (κ3) is 3.93. The lowest BCUT2D eigenvalue weighted by molar-refractivity contribution is 0.0226. The molecule has 0 aromatic heterocycles. The molecule has 0 saturated carbocycles. The SMILES string of the molecule is COc1c(Cl)cc(C(C)CC(O)C(C)O)c(OC)c1OC. The van der Waals surface area contributed by atoms with Crippen LogP contribution in [0.15, 0.2) is 6.07 Å². The fourth-order valence-corrected chi connectivity index (χ4v) is 2.53. The Morgan fingerprint density at radius 1 is 1.00 bits per heavy atom. The number of aliphatic hydroxyl groups is 2. The van der Waals surface area contributed by atoms with Gasteiger partial charge in [0.2, 0.25) is 5.75 Å². The van der Waals surface area contributed by atoms with Gasteiger partial charge in [-0.25, -0.2) is 0 Å². The summed E-state index contributed by atoms with van der Waals surface area (Å²) < 4.78 is 16.0. The third-order valence-corrected chi connectivity index (χ3v) is 3.75. The highest BCUT2D eigenvalue weighted by Crippen LogP contribution is 2.47. The third-order valence-electron chi connectivity index (χ3n) is 3.47. The van der Waals surface area contributed by atoms with Crippen molar-refractivity contribution < 1.29 is 24.4 Å². The zero-order valence-electron chi connectivity index (χ0n) is 13.0. The van der Waals surface area contributed by atoms with Gasteiger partial charge >= 0.3 is 0 Å². The minimum Gasteiger partial charge on any atom is -0.492 e. The number of ether oxygens (including phenoxy) is 3. The van der Waals surface area contributed by atoms with Crippen LogP contribution in [0.2, 0.25) is 5.02 Å².